The van der Waals surface area contributed by atoms with E-state index < -0.39 is 5.97 Å². The molecule has 0 rings (SSSR count). The summed E-state index contributed by atoms with van der Waals surface area (Å²) in [6.45, 7) is 2.23. The fourth-order valence-electron chi connectivity index (χ4n) is 1.67. The zero-order chi connectivity index (χ0) is 14.2. The minimum atomic E-state index is -0.750. The molecule has 0 saturated heterocycles. The average Bonchev–Trinajstić information content (AvgIpc) is 2.39. The van der Waals surface area contributed by atoms with Gasteiger partial charge in [0.1, 0.15) is 0 Å². The molecule has 0 amide bonds. The van der Waals surface area contributed by atoms with Gasteiger partial charge < -0.3 is 5.11 Å². The second-order valence-corrected chi connectivity index (χ2v) is 4.65. The molecule has 2 nitrogen and oxygen atoms in total. The lowest BCUT2D eigenvalue weighted by molar-refractivity contribution is -0.137. The molecule has 1 N–H and O–H groups in total. The topological polar surface area (TPSA) is 37.3 Å². The van der Waals surface area contributed by atoms with Crippen LogP contribution in [0.1, 0.15) is 77.6 Å². The standard InChI is InChI=1S/C17H26O2/c1-2-3-4-5-6-7-8-9-10-11-12-13-14-15-16-17(18)19/h2-8,11,14-16H2,1H3,(H,18,19). The van der Waals surface area contributed by atoms with Crippen LogP contribution in [0.5, 0.6) is 0 Å². The summed E-state index contributed by atoms with van der Waals surface area (Å²) in [5.41, 5.74) is 0. The van der Waals surface area contributed by atoms with Crippen molar-refractivity contribution in [3.8, 4) is 23.7 Å². The summed E-state index contributed by atoms with van der Waals surface area (Å²) in [6.07, 6.45) is 10.9. The molecular weight excluding hydrogens is 236 g/mol. The van der Waals surface area contributed by atoms with E-state index in [9.17, 15) is 4.79 Å². The Morgan fingerprint density at radius 1 is 0.842 bits per heavy atom. The molecule has 0 aromatic heterocycles. The molecule has 0 aliphatic carbocycles. The third-order valence-corrected chi connectivity index (χ3v) is 2.77. The van der Waals surface area contributed by atoms with Gasteiger partial charge in [0.2, 0.25) is 0 Å². The maximum Gasteiger partial charge on any atom is 0.303 e. The van der Waals surface area contributed by atoms with Gasteiger partial charge in [-0.15, -0.1) is 11.8 Å². The lowest BCUT2D eigenvalue weighted by Crippen LogP contribution is -1.92. The molecule has 0 radical (unpaired) electrons. The van der Waals surface area contributed by atoms with Crippen molar-refractivity contribution >= 4 is 5.97 Å². The van der Waals surface area contributed by atoms with Crippen LogP contribution in [0.2, 0.25) is 0 Å². The maximum atomic E-state index is 10.2. The Bertz CT molecular complexity index is 336. The van der Waals surface area contributed by atoms with Gasteiger partial charge in [-0.3, -0.25) is 4.79 Å². The number of hydrogen-bond donors (Lipinski definition) is 1. The van der Waals surface area contributed by atoms with Gasteiger partial charge in [0.05, 0.1) is 6.42 Å². The Balaban J connectivity index is 3.30. The second-order valence-electron chi connectivity index (χ2n) is 4.65. The van der Waals surface area contributed by atoms with Crippen LogP contribution in [0.3, 0.4) is 0 Å². The first-order chi connectivity index (χ1) is 9.27. The summed E-state index contributed by atoms with van der Waals surface area (Å²) < 4.78 is 0. The normalized spacial score (nSPS) is 9.11. The highest BCUT2D eigenvalue weighted by molar-refractivity contribution is 5.66. The Kier molecular flexibility index (Phi) is 13.6. The van der Waals surface area contributed by atoms with E-state index in [-0.39, 0.29) is 6.42 Å². The Morgan fingerprint density at radius 3 is 2.05 bits per heavy atom. The predicted molar refractivity (Wildman–Crippen MR) is 79.6 cm³/mol. The van der Waals surface area contributed by atoms with E-state index >= 15 is 0 Å². The van der Waals surface area contributed by atoms with Crippen LogP contribution in [0.25, 0.3) is 0 Å². The lowest BCUT2D eigenvalue weighted by Gasteiger charge is -1.96. The van der Waals surface area contributed by atoms with Gasteiger partial charge in [0.15, 0.2) is 0 Å². The summed E-state index contributed by atoms with van der Waals surface area (Å²) in [7, 11) is 0. The van der Waals surface area contributed by atoms with Crippen molar-refractivity contribution in [3.63, 3.8) is 0 Å². The maximum absolute atomic E-state index is 10.2. The summed E-state index contributed by atoms with van der Waals surface area (Å²) in [6, 6.07) is 0. The number of carbonyl (C=O) groups is 1. The summed E-state index contributed by atoms with van der Waals surface area (Å²) in [5.74, 6) is 11.3. The van der Waals surface area contributed by atoms with Crippen LogP contribution >= 0.6 is 0 Å². The van der Waals surface area contributed by atoms with Crippen LogP contribution in [-0.4, -0.2) is 11.1 Å². The second kappa shape index (κ2) is 14.7. The first-order valence-corrected chi connectivity index (χ1v) is 7.40. The highest BCUT2D eigenvalue weighted by Gasteiger charge is 1.92. The van der Waals surface area contributed by atoms with Crippen LogP contribution in [0.15, 0.2) is 0 Å². The van der Waals surface area contributed by atoms with Crippen LogP contribution < -0.4 is 0 Å². The summed E-state index contributed by atoms with van der Waals surface area (Å²) in [5, 5.41) is 8.43. The largest absolute Gasteiger partial charge is 0.481 e. The van der Waals surface area contributed by atoms with E-state index in [1.807, 2.05) is 0 Å². The third kappa shape index (κ3) is 16.6. The number of rotatable bonds is 9. The molecule has 2 heteroatoms. The van der Waals surface area contributed by atoms with E-state index in [0.717, 1.165) is 6.42 Å². The molecule has 0 fully saturated rings. The monoisotopic (exact) mass is 262 g/mol. The Hall–Kier alpha value is -1.41. The Morgan fingerprint density at radius 2 is 1.42 bits per heavy atom. The third-order valence-electron chi connectivity index (χ3n) is 2.77. The number of unbranched alkanes of at least 4 members (excludes halogenated alkanes) is 7. The zero-order valence-corrected chi connectivity index (χ0v) is 12.1. The predicted octanol–water partition coefficient (Wildman–Crippen LogP) is 4.39. The number of carboxylic acids is 1. The molecule has 0 aliphatic rings. The molecular formula is C17H26O2. The molecule has 0 aliphatic heterocycles. The van der Waals surface area contributed by atoms with Gasteiger partial charge in [-0.05, 0) is 12.8 Å². The molecule has 0 atom stereocenters. The van der Waals surface area contributed by atoms with Gasteiger partial charge in [-0.2, -0.15) is 0 Å². The van der Waals surface area contributed by atoms with E-state index in [4.69, 9.17) is 5.11 Å². The molecule has 19 heavy (non-hydrogen) atoms. The zero-order valence-electron chi connectivity index (χ0n) is 12.1. The van der Waals surface area contributed by atoms with Crippen molar-refractivity contribution in [2.24, 2.45) is 0 Å². The highest BCUT2D eigenvalue weighted by atomic mass is 16.4. The number of hydrogen-bond acceptors (Lipinski definition) is 1. The molecule has 0 aromatic rings. The molecule has 0 bridgehead atoms. The fraction of sp³-hybridized carbons (Fsp3) is 0.706. The minimum Gasteiger partial charge on any atom is -0.481 e. The summed E-state index contributed by atoms with van der Waals surface area (Å²) in [4.78, 5) is 10.2. The van der Waals surface area contributed by atoms with Gasteiger partial charge >= 0.3 is 5.97 Å². The molecule has 106 valence electrons. The quantitative estimate of drug-likeness (QED) is 0.494. The van der Waals surface area contributed by atoms with E-state index in [1.165, 1.54) is 38.5 Å². The van der Waals surface area contributed by atoms with Crippen LogP contribution in [-0.2, 0) is 4.79 Å². The molecule has 0 saturated carbocycles. The number of carboxylic acid groups (broad SMARTS) is 1. The van der Waals surface area contributed by atoms with Crippen molar-refractivity contribution < 1.29 is 9.90 Å². The lowest BCUT2D eigenvalue weighted by atomic mass is 10.1. The van der Waals surface area contributed by atoms with Crippen molar-refractivity contribution in [3.05, 3.63) is 0 Å². The smallest absolute Gasteiger partial charge is 0.303 e. The minimum absolute atomic E-state index is 0.207. The average molecular weight is 262 g/mol. The van der Waals surface area contributed by atoms with Gasteiger partial charge in [0, 0.05) is 19.3 Å². The van der Waals surface area contributed by atoms with Gasteiger partial charge in [-0.1, -0.05) is 50.9 Å². The molecule has 0 spiro atoms. The van der Waals surface area contributed by atoms with Gasteiger partial charge in [-0.25, -0.2) is 0 Å². The van der Waals surface area contributed by atoms with E-state index in [0.29, 0.717) is 19.3 Å². The molecule has 0 aromatic carbocycles. The van der Waals surface area contributed by atoms with Crippen molar-refractivity contribution in [1.29, 1.82) is 0 Å². The first kappa shape index (κ1) is 17.6. The van der Waals surface area contributed by atoms with Crippen LogP contribution in [0, 0.1) is 23.7 Å². The molecule has 0 heterocycles. The van der Waals surface area contributed by atoms with E-state index in [2.05, 4.69) is 30.6 Å². The van der Waals surface area contributed by atoms with Crippen molar-refractivity contribution in [1.82, 2.24) is 0 Å². The van der Waals surface area contributed by atoms with E-state index in [1.54, 1.807) is 0 Å². The summed E-state index contributed by atoms with van der Waals surface area (Å²) >= 11 is 0. The highest BCUT2D eigenvalue weighted by Crippen LogP contribution is 2.06. The Labute approximate surface area is 118 Å². The van der Waals surface area contributed by atoms with Crippen LogP contribution in [0.4, 0.5) is 0 Å². The fourth-order valence-corrected chi connectivity index (χ4v) is 1.67. The number of aliphatic carboxylic acids is 1. The molecule has 0 unspecified atom stereocenters. The van der Waals surface area contributed by atoms with Gasteiger partial charge in [0.25, 0.3) is 0 Å². The van der Waals surface area contributed by atoms with Crippen molar-refractivity contribution in [2.45, 2.75) is 77.6 Å². The van der Waals surface area contributed by atoms with Crippen molar-refractivity contribution in [2.75, 3.05) is 0 Å². The first-order valence-electron chi connectivity index (χ1n) is 7.40. The SMILES string of the molecule is CCCCCCCCC#CCC#CCCCC(=O)O.